The third-order valence-electron chi connectivity index (χ3n) is 2.16. The number of hydrogen-bond acceptors (Lipinski definition) is 3. The van der Waals surface area contributed by atoms with Gasteiger partial charge in [0, 0.05) is 12.6 Å². The van der Waals surface area contributed by atoms with Crippen molar-refractivity contribution >= 4 is 5.91 Å². The van der Waals surface area contributed by atoms with E-state index in [1.54, 1.807) is 6.07 Å². The number of carbonyl (C=O) groups is 1. The Labute approximate surface area is 94.3 Å². The van der Waals surface area contributed by atoms with Gasteiger partial charge >= 0.3 is 0 Å². The average molecular weight is 224 g/mol. The number of nitrogens with zero attached hydrogens (tertiary/aromatic N) is 1. The maximum absolute atomic E-state index is 11.5. The summed E-state index contributed by atoms with van der Waals surface area (Å²) >= 11 is 0. The van der Waals surface area contributed by atoms with Gasteiger partial charge in [0.05, 0.1) is 6.10 Å². The van der Waals surface area contributed by atoms with Crippen LogP contribution in [0.15, 0.2) is 24.5 Å². The molecule has 0 aliphatic carbocycles. The zero-order valence-corrected chi connectivity index (χ0v) is 9.22. The van der Waals surface area contributed by atoms with Gasteiger partial charge in [0.25, 0.3) is 5.91 Å². The first kappa shape index (κ1) is 12.4. The zero-order valence-electron chi connectivity index (χ0n) is 9.22. The molecule has 0 saturated heterocycles. The van der Waals surface area contributed by atoms with E-state index in [1.165, 1.54) is 18.5 Å². The number of amides is 1. The predicted molar refractivity (Wildman–Crippen MR) is 58.7 cm³/mol. The van der Waals surface area contributed by atoms with E-state index in [9.17, 15) is 15.1 Å². The van der Waals surface area contributed by atoms with E-state index < -0.39 is 6.10 Å². The summed E-state index contributed by atoms with van der Waals surface area (Å²) in [5.41, 5.74) is 0.293. The first-order valence-electron chi connectivity index (χ1n) is 5.28. The molecule has 1 rings (SSSR count). The van der Waals surface area contributed by atoms with Crippen LogP contribution in [0.2, 0.25) is 0 Å². The highest BCUT2D eigenvalue weighted by Crippen LogP contribution is 1.97. The van der Waals surface area contributed by atoms with Gasteiger partial charge in [0.15, 0.2) is 12.4 Å². The summed E-state index contributed by atoms with van der Waals surface area (Å²) in [7, 11) is 0. The fraction of sp³-hybridized carbons (Fsp3) is 0.455. The molecule has 2 N–H and O–H groups in total. The van der Waals surface area contributed by atoms with Gasteiger partial charge < -0.3 is 15.6 Å². The lowest BCUT2D eigenvalue weighted by molar-refractivity contribution is -0.605. The predicted octanol–water partition coefficient (Wildman–Crippen LogP) is 0.211. The van der Waals surface area contributed by atoms with Gasteiger partial charge in [-0.25, -0.2) is 0 Å². The van der Waals surface area contributed by atoms with Crippen molar-refractivity contribution < 1.29 is 14.6 Å². The van der Waals surface area contributed by atoms with Gasteiger partial charge in [0.2, 0.25) is 0 Å². The molecule has 0 spiro atoms. The molecular weight excluding hydrogens is 208 g/mol. The monoisotopic (exact) mass is 224 g/mol. The summed E-state index contributed by atoms with van der Waals surface area (Å²) in [6.45, 7) is 2.17. The largest absolute Gasteiger partial charge is 0.619 e. The third-order valence-corrected chi connectivity index (χ3v) is 2.16. The summed E-state index contributed by atoms with van der Waals surface area (Å²) in [6.07, 6.45) is 3.49. The smallest absolute Gasteiger partial charge is 0.257 e. The fourth-order valence-electron chi connectivity index (χ4n) is 1.34. The second-order valence-corrected chi connectivity index (χ2v) is 3.61. The molecule has 5 heteroatoms. The Bertz CT molecular complexity index is 355. The van der Waals surface area contributed by atoms with E-state index in [2.05, 4.69) is 5.32 Å². The molecule has 1 amide bonds. The summed E-state index contributed by atoms with van der Waals surface area (Å²) in [6, 6.07) is 3.06. The van der Waals surface area contributed by atoms with Crippen molar-refractivity contribution in [3.63, 3.8) is 0 Å². The van der Waals surface area contributed by atoms with Crippen molar-refractivity contribution in [2.24, 2.45) is 0 Å². The maximum atomic E-state index is 11.5. The van der Waals surface area contributed by atoms with E-state index in [4.69, 9.17) is 0 Å². The lowest BCUT2D eigenvalue weighted by Gasteiger charge is -2.10. The molecule has 0 aliphatic heterocycles. The van der Waals surface area contributed by atoms with Crippen molar-refractivity contribution in [1.29, 1.82) is 0 Å². The van der Waals surface area contributed by atoms with Crippen LogP contribution in [0.5, 0.6) is 0 Å². The minimum atomic E-state index is -0.531. The molecule has 1 heterocycles. The van der Waals surface area contributed by atoms with Crippen molar-refractivity contribution in [1.82, 2.24) is 5.32 Å². The first-order chi connectivity index (χ1) is 7.63. The Balaban J connectivity index is 2.47. The van der Waals surface area contributed by atoms with E-state index in [0.29, 0.717) is 16.7 Å². The van der Waals surface area contributed by atoms with Crippen LogP contribution in [0, 0.1) is 5.21 Å². The highest BCUT2D eigenvalue weighted by molar-refractivity contribution is 5.93. The Kier molecular flexibility index (Phi) is 4.72. The molecule has 1 atom stereocenters. The van der Waals surface area contributed by atoms with Gasteiger partial charge in [-0.15, -0.1) is 0 Å². The summed E-state index contributed by atoms with van der Waals surface area (Å²) in [5.74, 6) is -0.347. The highest BCUT2D eigenvalue weighted by atomic mass is 16.5. The van der Waals surface area contributed by atoms with Crippen LogP contribution in [0.1, 0.15) is 30.1 Å². The molecule has 1 aromatic rings. The number of aromatic nitrogens is 1. The fourth-order valence-corrected chi connectivity index (χ4v) is 1.34. The van der Waals surface area contributed by atoms with Crippen molar-refractivity contribution in [3.8, 4) is 0 Å². The number of hydrogen-bond donors (Lipinski definition) is 2. The molecule has 0 bridgehead atoms. The molecule has 0 radical (unpaired) electrons. The molecular formula is C11H16N2O3. The second kappa shape index (κ2) is 6.07. The Morgan fingerprint density at radius 2 is 2.44 bits per heavy atom. The van der Waals surface area contributed by atoms with Crippen molar-refractivity contribution in [2.75, 3.05) is 6.54 Å². The van der Waals surface area contributed by atoms with E-state index >= 15 is 0 Å². The van der Waals surface area contributed by atoms with Crippen molar-refractivity contribution in [2.45, 2.75) is 25.9 Å². The number of pyridine rings is 1. The number of nitrogens with one attached hydrogen (secondary N) is 1. The number of carbonyl (C=O) groups excluding carboxylic acids is 1. The summed E-state index contributed by atoms with van der Waals surface area (Å²) in [5, 5.41) is 22.9. The highest BCUT2D eigenvalue weighted by Gasteiger charge is 2.10. The molecule has 1 aromatic heterocycles. The van der Waals surface area contributed by atoms with Crippen LogP contribution in [-0.2, 0) is 0 Å². The van der Waals surface area contributed by atoms with E-state index in [1.807, 2.05) is 6.92 Å². The lowest BCUT2D eigenvalue weighted by Crippen LogP contribution is -2.34. The second-order valence-electron chi connectivity index (χ2n) is 3.61. The molecule has 5 nitrogen and oxygen atoms in total. The molecule has 88 valence electrons. The third kappa shape index (κ3) is 3.86. The topological polar surface area (TPSA) is 76.3 Å². The molecule has 0 aromatic carbocycles. The number of aliphatic hydroxyl groups excluding tert-OH is 1. The normalized spacial score (nSPS) is 12.1. The minimum absolute atomic E-state index is 0.209. The molecule has 0 aliphatic rings. The van der Waals surface area contributed by atoms with Gasteiger partial charge in [-0.1, -0.05) is 13.3 Å². The Morgan fingerprint density at radius 3 is 3.06 bits per heavy atom. The maximum Gasteiger partial charge on any atom is 0.257 e. The molecule has 16 heavy (non-hydrogen) atoms. The first-order valence-corrected chi connectivity index (χ1v) is 5.28. The molecule has 0 saturated carbocycles. The van der Waals surface area contributed by atoms with Gasteiger partial charge in [-0.3, -0.25) is 4.79 Å². The van der Waals surface area contributed by atoms with Crippen LogP contribution in [0.3, 0.4) is 0 Å². The van der Waals surface area contributed by atoms with Crippen LogP contribution in [0.25, 0.3) is 0 Å². The van der Waals surface area contributed by atoms with Crippen LogP contribution < -0.4 is 10.0 Å². The molecule has 0 fully saturated rings. The zero-order chi connectivity index (χ0) is 12.0. The molecule has 1 unspecified atom stereocenters. The standard InChI is InChI=1S/C11H16N2O3/c1-2-4-10(14)7-12-11(15)9-5-3-6-13(16)8-9/h3,5-6,8,10,14H,2,4,7H2,1H3,(H,12,15). The van der Waals surface area contributed by atoms with Crippen molar-refractivity contribution in [3.05, 3.63) is 35.3 Å². The Hall–Kier alpha value is -1.62. The Morgan fingerprint density at radius 1 is 1.69 bits per heavy atom. The summed E-state index contributed by atoms with van der Waals surface area (Å²) in [4.78, 5) is 11.5. The average Bonchev–Trinajstić information content (AvgIpc) is 2.26. The van der Waals surface area contributed by atoms with E-state index in [0.717, 1.165) is 6.42 Å². The SMILES string of the molecule is CCCC(O)CNC(=O)c1ccc[n+]([O-])c1. The van der Waals surface area contributed by atoms with E-state index in [-0.39, 0.29) is 12.5 Å². The number of aliphatic hydroxyl groups is 1. The summed E-state index contributed by atoms with van der Waals surface area (Å²) < 4.78 is 0.567. The van der Waals surface area contributed by atoms with Gasteiger partial charge in [-0.05, 0) is 12.5 Å². The van der Waals surface area contributed by atoms with Crippen LogP contribution in [-0.4, -0.2) is 23.7 Å². The number of rotatable bonds is 5. The van der Waals surface area contributed by atoms with Crippen LogP contribution >= 0.6 is 0 Å². The van der Waals surface area contributed by atoms with Gasteiger partial charge in [-0.2, -0.15) is 4.73 Å². The lowest BCUT2D eigenvalue weighted by atomic mass is 10.2. The van der Waals surface area contributed by atoms with Gasteiger partial charge in [0.1, 0.15) is 5.56 Å². The minimum Gasteiger partial charge on any atom is -0.619 e. The van der Waals surface area contributed by atoms with Crippen LogP contribution in [0.4, 0.5) is 0 Å². The quantitative estimate of drug-likeness (QED) is 0.554.